The van der Waals surface area contributed by atoms with Crippen LogP contribution < -0.4 is 9.64 Å². The lowest BCUT2D eigenvalue weighted by Gasteiger charge is -2.23. The Morgan fingerprint density at radius 1 is 1.29 bits per heavy atom. The van der Waals surface area contributed by atoms with Crippen molar-refractivity contribution in [2.45, 2.75) is 26.3 Å². The minimum absolute atomic E-state index is 0.556. The zero-order valence-electron chi connectivity index (χ0n) is 12.1. The summed E-state index contributed by atoms with van der Waals surface area (Å²) in [6, 6.07) is 8.14. The standard InChI is InChI=1S/C16H18ClN3O/c1-2-5-13-15(17)18-11-19-16(13)20-8-9-21-14-7-4-3-6-12(14)10-20/h3-4,6-7,11H,2,5,8-10H2,1H3. The summed E-state index contributed by atoms with van der Waals surface area (Å²) in [5.41, 5.74) is 2.20. The maximum absolute atomic E-state index is 6.26. The van der Waals surface area contributed by atoms with E-state index in [-0.39, 0.29) is 0 Å². The van der Waals surface area contributed by atoms with Crippen LogP contribution in [-0.2, 0) is 13.0 Å². The molecular weight excluding hydrogens is 286 g/mol. The zero-order chi connectivity index (χ0) is 14.7. The van der Waals surface area contributed by atoms with Crippen molar-refractivity contribution in [3.8, 4) is 5.75 Å². The van der Waals surface area contributed by atoms with Gasteiger partial charge in [0.15, 0.2) is 0 Å². The van der Waals surface area contributed by atoms with Gasteiger partial charge in [-0.2, -0.15) is 0 Å². The van der Waals surface area contributed by atoms with Gasteiger partial charge in [0.1, 0.15) is 29.7 Å². The summed E-state index contributed by atoms with van der Waals surface area (Å²) >= 11 is 6.26. The highest BCUT2D eigenvalue weighted by Gasteiger charge is 2.20. The molecule has 3 rings (SSSR count). The Bertz CT molecular complexity index is 633. The van der Waals surface area contributed by atoms with Crippen molar-refractivity contribution in [1.29, 1.82) is 0 Å². The predicted octanol–water partition coefficient (Wildman–Crippen LogP) is 3.48. The van der Waals surface area contributed by atoms with E-state index in [0.29, 0.717) is 11.8 Å². The first-order valence-electron chi connectivity index (χ1n) is 7.24. The van der Waals surface area contributed by atoms with Crippen LogP contribution in [0.3, 0.4) is 0 Å². The van der Waals surface area contributed by atoms with Crippen LogP contribution >= 0.6 is 11.6 Å². The molecule has 0 unspecified atom stereocenters. The van der Waals surface area contributed by atoms with E-state index >= 15 is 0 Å². The van der Waals surface area contributed by atoms with Gasteiger partial charge in [0.05, 0.1) is 6.54 Å². The van der Waals surface area contributed by atoms with Gasteiger partial charge < -0.3 is 9.64 Å². The molecule has 21 heavy (non-hydrogen) atoms. The van der Waals surface area contributed by atoms with E-state index in [0.717, 1.165) is 43.1 Å². The Labute approximate surface area is 129 Å². The number of hydrogen-bond donors (Lipinski definition) is 0. The summed E-state index contributed by atoms with van der Waals surface area (Å²) in [6.07, 6.45) is 3.43. The average Bonchev–Trinajstić information content (AvgIpc) is 2.71. The Balaban J connectivity index is 1.96. The van der Waals surface area contributed by atoms with Crippen molar-refractivity contribution < 1.29 is 4.74 Å². The molecule has 2 aromatic rings. The molecule has 0 spiro atoms. The average molecular weight is 304 g/mol. The van der Waals surface area contributed by atoms with Crippen molar-refractivity contribution in [1.82, 2.24) is 9.97 Å². The Morgan fingerprint density at radius 2 is 2.14 bits per heavy atom. The number of ether oxygens (including phenoxy) is 1. The number of para-hydroxylation sites is 1. The van der Waals surface area contributed by atoms with E-state index < -0.39 is 0 Å². The molecule has 110 valence electrons. The van der Waals surface area contributed by atoms with Crippen LogP contribution in [0.15, 0.2) is 30.6 Å². The van der Waals surface area contributed by atoms with Gasteiger partial charge in [-0.05, 0) is 12.5 Å². The molecule has 0 atom stereocenters. The third kappa shape index (κ3) is 2.95. The van der Waals surface area contributed by atoms with E-state index in [1.54, 1.807) is 0 Å². The molecule has 0 radical (unpaired) electrons. The SMILES string of the molecule is CCCc1c(Cl)ncnc1N1CCOc2ccccc2C1. The molecule has 1 aromatic carbocycles. The lowest BCUT2D eigenvalue weighted by Crippen LogP contribution is -2.27. The van der Waals surface area contributed by atoms with Crippen LogP contribution in [0.25, 0.3) is 0 Å². The Hall–Kier alpha value is -1.81. The summed E-state index contributed by atoms with van der Waals surface area (Å²) in [5.74, 6) is 1.88. The van der Waals surface area contributed by atoms with E-state index in [1.165, 1.54) is 11.9 Å². The fourth-order valence-corrected chi connectivity index (χ4v) is 2.85. The molecule has 4 nitrogen and oxygen atoms in total. The number of hydrogen-bond acceptors (Lipinski definition) is 4. The number of benzene rings is 1. The van der Waals surface area contributed by atoms with Gasteiger partial charge in [0.25, 0.3) is 0 Å². The van der Waals surface area contributed by atoms with Crippen LogP contribution in [0, 0.1) is 0 Å². The summed E-state index contributed by atoms with van der Waals surface area (Å²) in [5, 5.41) is 0.556. The number of aromatic nitrogens is 2. The van der Waals surface area contributed by atoms with Gasteiger partial charge in [-0.3, -0.25) is 0 Å². The number of fused-ring (bicyclic) bond motifs is 1. The van der Waals surface area contributed by atoms with E-state index in [9.17, 15) is 0 Å². The molecule has 0 N–H and O–H groups in total. The number of halogens is 1. The number of rotatable bonds is 3. The van der Waals surface area contributed by atoms with Gasteiger partial charge in [0.2, 0.25) is 0 Å². The second-order valence-corrected chi connectivity index (χ2v) is 5.45. The third-order valence-corrected chi connectivity index (χ3v) is 3.95. The monoisotopic (exact) mass is 303 g/mol. The van der Waals surface area contributed by atoms with Crippen LogP contribution in [0.4, 0.5) is 5.82 Å². The fraction of sp³-hybridized carbons (Fsp3) is 0.375. The van der Waals surface area contributed by atoms with Gasteiger partial charge in [-0.1, -0.05) is 43.1 Å². The van der Waals surface area contributed by atoms with Crippen molar-refractivity contribution in [2.24, 2.45) is 0 Å². The quantitative estimate of drug-likeness (QED) is 0.814. The van der Waals surface area contributed by atoms with E-state index in [2.05, 4.69) is 27.9 Å². The minimum Gasteiger partial charge on any atom is -0.491 e. The molecule has 5 heteroatoms. The lowest BCUT2D eigenvalue weighted by atomic mass is 10.1. The molecule has 0 saturated heterocycles. The maximum Gasteiger partial charge on any atom is 0.137 e. The second kappa shape index (κ2) is 6.31. The van der Waals surface area contributed by atoms with Crippen LogP contribution in [0.2, 0.25) is 5.15 Å². The normalized spacial score (nSPS) is 14.3. The topological polar surface area (TPSA) is 38.2 Å². The highest BCUT2D eigenvalue weighted by molar-refractivity contribution is 6.30. The summed E-state index contributed by atoms with van der Waals surface area (Å²) in [6.45, 7) is 4.34. The predicted molar refractivity (Wildman–Crippen MR) is 84.0 cm³/mol. The highest BCUT2D eigenvalue weighted by atomic mass is 35.5. The van der Waals surface area contributed by atoms with E-state index in [1.807, 2.05) is 18.2 Å². The lowest BCUT2D eigenvalue weighted by molar-refractivity contribution is 0.331. The number of nitrogens with zero attached hydrogens (tertiary/aromatic N) is 3. The van der Waals surface area contributed by atoms with Crippen molar-refractivity contribution in [2.75, 3.05) is 18.1 Å². The highest BCUT2D eigenvalue weighted by Crippen LogP contribution is 2.29. The first kappa shape index (κ1) is 14.1. The first-order chi connectivity index (χ1) is 10.3. The molecule has 0 aliphatic carbocycles. The summed E-state index contributed by atoms with van der Waals surface area (Å²) in [4.78, 5) is 10.8. The zero-order valence-corrected chi connectivity index (χ0v) is 12.8. The minimum atomic E-state index is 0.556. The third-order valence-electron chi connectivity index (χ3n) is 3.62. The molecule has 1 aliphatic rings. The van der Waals surface area contributed by atoms with Gasteiger partial charge in [-0.25, -0.2) is 9.97 Å². The van der Waals surface area contributed by atoms with Crippen LogP contribution in [-0.4, -0.2) is 23.1 Å². The molecule has 1 aliphatic heterocycles. The molecule has 1 aromatic heterocycles. The second-order valence-electron chi connectivity index (χ2n) is 5.09. The summed E-state index contributed by atoms with van der Waals surface area (Å²) in [7, 11) is 0. The molecule has 2 heterocycles. The Morgan fingerprint density at radius 3 is 3.00 bits per heavy atom. The molecule has 0 fully saturated rings. The van der Waals surface area contributed by atoms with Gasteiger partial charge >= 0.3 is 0 Å². The molecule has 0 amide bonds. The maximum atomic E-state index is 6.26. The fourth-order valence-electron chi connectivity index (χ4n) is 2.63. The van der Waals surface area contributed by atoms with Gasteiger partial charge in [-0.15, -0.1) is 0 Å². The van der Waals surface area contributed by atoms with Crippen molar-refractivity contribution >= 4 is 17.4 Å². The van der Waals surface area contributed by atoms with Crippen LogP contribution in [0.5, 0.6) is 5.75 Å². The van der Waals surface area contributed by atoms with Gasteiger partial charge in [0, 0.05) is 17.7 Å². The Kier molecular flexibility index (Phi) is 4.25. The van der Waals surface area contributed by atoms with Crippen molar-refractivity contribution in [3.05, 3.63) is 46.9 Å². The molecular formula is C16H18ClN3O. The summed E-state index contributed by atoms with van der Waals surface area (Å²) < 4.78 is 5.81. The van der Waals surface area contributed by atoms with Crippen LogP contribution in [0.1, 0.15) is 24.5 Å². The van der Waals surface area contributed by atoms with E-state index in [4.69, 9.17) is 16.3 Å². The number of anilines is 1. The van der Waals surface area contributed by atoms with Crippen molar-refractivity contribution in [3.63, 3.8) is 0 Å². The first-order valence-corrected chi connectivity index (χ1v) is 7.62. The molecule has 0 saturated carbocycles. The smallest absolute Gasteiger partial charge is 0.137 e. The molecule has 0 bridgehead atoms. The largest absolute Gasteiger partial charge is 0.491 e.